The normalized spacial score (nSPS) is 10.9. The van der Waals surface area contributed by atoms with E-state index in [1.807, 2.05) is 31.2 Å². The van der Waals surface area contributed by atoms with Crippen molar-refractivity contribution < 1.29 is 18.7 Å². The number of carbonyl (C=O) groups excluding carboxylic acids is 1. The number of anilines is 1. The van der Waals surface area contributed by atoms with E-state index in [0.717, 1.165) is 11.1 Å². The average Bonchev–Trinajstić information content (AvgIpc) is 2.84. The van der Waals surface area contributed by atoms with Crippen LogP contribution < -0.4 is 14.8 Å². The lowest BCUT2D eigenvalue weighted by atomic mass is 10.0. The van der Waals surface area contributed by atoms with Crippen molar-refractivity contribution in [2.45, 2.75) is 20.0 Å². The Kier molecular flexibility index (Phi) is 9.05. The third-order valence-corrected chi connectivity index (χ3v) is 5.31. The predicted molar refractivity (Wildman–Crippen MR) is 136 cm³/mol. The number of nitrogens with zero attached hydrogens (tertiary/aromatic N) is 1. The Bertz CT molecular complexity index is 1300. The van der Waals surface area contributed by atoms with E-state index >= 15 is 0 Å². The summed E-state index contributed by atoms with van der Waals surface area (Å²) in [5, 5.41) is 12.6. The topological polar surface area (TPSA) is 71.4 Å². The van der Waals surface area contributed by atoms with Gasteiger partial charge >= 0.3 is 0 Å². The van der Waals surface area contributed by atoms with Crippen molar-refractivity contribution in [1.29, 1.82) is 5.26 Å². The molecule has 0 saturated heterocycles. The molecule has 0 aromatic heterocycles. The van der Waals surface area contributed by atoms with Crippen LogP contribution in [0.5, 0.6) is 11.5 Å². The van der Waals surface area contributed by atoms with Crippen molar-refractivity contribution in [3.63, 3.8) is 0 Å². The quantitative estimate of drug-likeness (QED) is 0.194. The summed E-state index contributed by atoms with van der Waals surface area (Å²) in [7, 11) is 0. The first kappa shape index (κ1) is 25.5. The standard InChI is InChI=1S/C28H24ClFN2O3/c1-3-9-20-14-19(15-22(17-31)28(33)32-25-13-8-7-12-24(25)30)16-26(34-4-2)27(20)35-18-21-10-5-6-11-23(21)29/h3,5-8,10-16H,1,4,9,18H2,2H3,(H,32,33)/b22-15-. The van der Waals surface area contributed by atoms with E-state index in [0.29, 0.717) is 35.1 Å². The largest absolute Gasteiger partial charge is 0.490 e. The molecule has 0 fully saturated rings. The zero-order valence-corrected chi connectivity index (χ0v) is 19.9. The van der Waals surface area contributed by atoms with Gasteiger partial charge in [-0.05, 0) is 55.3 Å². The van der Waals surface area contributed by atoms with Gasteiger partial charge in [-0.15, -0.1) is 6.58 Å². The van der Waals surface area contributed by atoms with Crippen molar-refractivity contribution in [1.82, 2.24) is 0 Å². The SMILES string of the molecule is C=CCc1cc(/C=C(/C#N)C(=O)Nc2ccccc2F)cc(OCC)c1OCc1ccccc1Cl. The minimum atomic E-state index is -0.722. The second-order valence-corrected chi connectivity index (χ2v) is 7.82. The number of nitrogens with one attached hydrogen (secondary N) is 1. The van der Waals surface area contributed by atoms with E-state index in [1.165, 1.54) is 24.3 Å². The Hall–Kier alpha value is -4.08. The van der Waals surface area contributed by atoms with E-state index < -0.39 is 11.7 Å². The van der Waals surface area contributed by atoms with E-state index in [4.69, 9.17) is 21.1 Å². The molecule has 3 rings (SSSR count). The molecular formula is C28H24ClFN2O3. The first-order valence-corrected chi connectivity index (χ1v) is 11.3. The van der Waals surface area contributed by atoms with Gasteiger partial charge in [0.05, 0.1) is 12.3 Å². The van der Waals surface area contributed by atoms with Crippen LogP contribution in [0.2, 0.25) is 5.02 Å². The van der Waals surface area contributed by atoms with Crippen LogP contribution in [0.1, 0.15) is 23.6 Å². The third kappa shape index (κ3) is 6.72. The molecule has 0 atom stereocenters. The number of carbonyl (C=O) groups is 1. The van der Waals surface area contributed by atoms with Gasteiger partial charge in [0.2, 0.25) is 0 Å². The van der Waals surface area contributed by atoms with Gasteiger partial charge in [-0.2, -0.15) is 5.26 Å². The summed E-state index contributed by atoms with van der Waals surface area (Å²) in [5.74, 6) is -0.333. The summed E-state index contributed by atoms with van der Waals surface area (Å²) >= 11 is 6.26. The van der Waals surface area contributed by atoms with Crippen LogP contribution in [0.4, 0.5) is 10.1 Å². The van der Waals surface area contributed by atoms with Gasteiger partial charge in [0.15, 0.2) is 11.5 Å². The number of halogens is 2. The number of benzene rings is 3. The highest BCUT2D eigenvalue weighted by Gasteiger charge is 2.16. The first-order chi connectivity index (χ1) is 17.0. The van der Waals surface area contributed by atoms with Crippen LogP contribution in [0, 0.1) is 17.1 Å². The minimum Gasteiger partial charge on any atom is -0.490 e. The molecule has 0 heterocycles. The predicted octanol–water partition coefficient (Wildman–Crippen LogP) is 6.73. The molecule has 3 aromatic rings. The second-order valence-electron chi connectivity index (χ2n) is 7.42. The summed E-state index contributed by atoms with van der Waals surface area (Å²) in [6, 6.07) is 18.5. The summed E-state index contributed by atoms with van der Waals surface area (Å²) in [5.41, 5.74) is 1.93. The van der Waals surface area contributed by atoms with Crippen LogP contribution in [0.25, 0.3) is 6.08 Å². The number of amides is 1. The van der Waals surface area contributed by atoms with Crippen molar-refractivity contribution in [3.05, 3.63) is 106 Å². The Morgan fingerprint density at radius 1 is 1.14 bits per heavy atom. The van der Waals surface area contributed by atoms with Crippen LogP contribution in [-0.4, -0.2) is 12.5 Å². The molecule has 5 nitrogen and oxygen atoms in total. The Balaban J connectivity index is 1.95. The average molecular weight is 491 g/mol. The number of nitriles is 1. The molecule has 0 aliphatic carbocycles. The van der Waals surface area contributed by atoms with E-state index in [2.05, 4.69) is 11.9 Å². The number of rotatable bonds is 10. The number of ether oxygens (including phenoxy) is 2. The minimum absolute atomic E-state index is 0.00989. The van der Waals surface area contributed by atoms with Gasteiger partial charge in [-0.3, -0.25) is 4.79 Å². The maximum atomic E-state index is 13.9. The second kappa shape index (κ2) is 12.4. The maximum absolute atomic E-state index is 13.9. The van der Waals surface area contributed by atoms with E-state index in [9.17, 15) is 14.4 Å². The summed E-state index contributed by atoms with van der Waals surface area (Å²) in [6.07, 6.45) is 3.60. The monoisotopic (exact) mass is 490 g/mol. The third-order valence-electron chi connectivity index (χ3n) is 4.95. The summed E-state index contributed by atoms with van der Waals surface area (Å²) in [4.78, 5) is 12.6. The van der Waals surface area contributed by atoms with Crippen LogP contribution in [0.15, 0.2) is 78.9 Å². The van der Waals surface area contributed by atoms with Crippen LogP contribution >= 0.6 is 11.6 Å². The van der Waals surface area contributed by atoms with Gasteiger partial charge in [0.25, 0.3) is 5.91 Å². The highest BCUT2D eigenvalue weighted by molar-refractivity contribution is 6.31. The lowest BCUT2D eigenvalue weighted by molar-refractivity contribution is -0.112. The molecular weight excluding hydrogens is 467 g/mol. The Morgan fingerprint density at radius 2 is 1.89 bits per heavy atom. The molecule has 0 spiro atoms. The van der Waals surface area contributed by atoms with Gasteiger partial charge in [0.1, 0.15) is 24.1 Å². The summed E-state index contributed by atoms with van der Waals surface area (Å²) < 4.78 is 25.8. The van der Waals surface area contributed by atoms with Crippen molar-refractivity contribution in [3.8, 4) is 17.6 Å². The lowest BCUT2D eigenvalue weighted by Crippen LogP contribution is -2.14. The fourth-order valence-electron chi connectivity index (χ4n) is 3.33. The molecule has 0 aliphatic heterocycles. The Labute approximate surface area is 209 Å². The van der Waals surface area contributed by atoms with Gasteiger partial charge in [-0.25, -0.2) is 4.39 Å². The number of allylic oxidation sites excluding steroid dienone is 1. The fraction of sp³-hybridized carbons (Fsp3) is 0.143. The zero-order valence-electron chi connectivity index (χ0n) is 19.2. The number of para-hydroxylation sites is 1. The molecule has 1 amide bonds. The van der Waals surface area contributed by atoms with Crippen molar-refractivity contribution in [2.24, 2.45) is 0 Å². The van der Waals surface area contributed by atoms with Crippen molar-refractivity contribution >= 4 is 29.3 Å². The molecule has 35 heavy (non-hydrogen) atoms. The molecule has 3 aromatic carbocycles. The van der Waals surface area contributed by atoms with Gasteiger partial charge in [-0.1, -0.05) is 48.0 Å². The van der Waals surface area contributed by atoms with Gasteiger partial charge < -0.3 is 14.8 Å². The highest BCUT2D eigenvalue weighted by Crippen LogP contribution is 2.36. The zero-order chi connectivity index (χ0) is 25.2. The molecule has 0 saturated carbocycles. The van der Waals surface area contributed by atoms with E-state index in [1.54, 1.807) is 30.3 Å². The molecule has 1 N–H and O–H groups in total. The highest BCUT2D eigenvalue weighted by atomic mass is 35.5. The first-order valence-electron chi connectivity index (χ1n) is 10.9. The molecule has 0 bridgehead atoms. The maximum Gasteiger partial charge on any atom is 0.266 e. The lowest BCUT2D eigenvalue weighted by Gasteiger charge is -2.17. The molecule has 178 valence electrons. The summed E-state index contributed by atoms with van der Waals surface area (Å²) in [6.45, 7) is 6.26. The van der Waals surface area contributed by atoms with Crippen LogP contribution in [-0.2, 0) is 17.8 Å². The molecule has 0 aliphatic rings. The number of hydrogen-bond acceptors (Lipinski definition) is 4. The molecule has 7 heteroatoms. The Morgan fingerprint density at radius 3 is 2.57 bits per heavy atom. The molecule has 0 unspecified atom stereocenters. The van der Waals surface area contributed by atoms with Crippen molar-refractivity contribution in [2.75, 3.05) is 11.9 Å². The fourth-order valence-corrected chi connectivity index (χ4v) is 3.52. The smallest absolute Gasteiger partial charge is 0.266 e. The van der Waals surface area contributed by atoms with E-state index in [-0.39, 0.29) is 17.9 Å². The molecule has 0 radical (unpaired) electrons. The van der Waals surface area contributed by atoms with Gasteiger partial charge in [0, 0.05) is 16.1 Å². The van der Waals surface area contributed by atoms with Crippen LogP contribution in [0.3, 0.4) is 0 Å². The number of hydrogen-bond donors (Lipinski definition) is 1.